The van der Waals surface area contributed by atoms with E-state index in [2.05, 4.69) is 17.9 Å². The number of hydrogen-bond acceptors (Lipinski definition) is 6. The monoisotopic (exact) mass is 353 g/mol. The second-order valence-electron chi connectivity index (χ2n) is 5.69. The van der Waals surface area contributed by atoms with Crippen molar-refractivity contribution in [2.45, 2.75) is 44.0 Å². The molecule has 6 nitrogen and oxygen atoms in total. The molecule has 0 radical (unpaired) electrons. The Morgan fingerprint density at radius 2 is 1.50 bits per heavy atom. The molecule has 0 aromatic heterocycles. The van der Waals surface area contributed by atoms with Crippen LogP contribution in [0.5, 0.6) is 0 Å². The van der Waals surface area contributed by atoms with Crippen LogP contribution in [0.1, 0.15) is 32.8 Å². The van der Waals surface area contributed by atoms with Gasteiger partial charge in [0.25, 0.3) is 0 Å². The van der Waals surface area contributed by atoms with E-state index in [-0.39, 0.29) is 19.1 Å². The van der Waals surface area contributed by atoms with Crippen molar-refractivity contribution in [1.82, 2.24) is 5.32 Å². The molecule has 0 atom stereocenters. The standard InChI is InChI=1S/C17H23NO5S/c1-12(19)18-17(10-22-13(2)20,11-23-14(3)21)9-8-15-4-6-16(24)7-5-15/h4-7,24H,8-11H2,1-3H3,(H,18,19). The average Bonchev–Trinajstić information content (AvgIpc) is 2.49. The number of aryl methyl sites for hydroxylation is 1. The lowest BCUT2D eigenvalue weighted by molar-refractivity contribution is -0.150. The Morgan fingerprint density at radius 3 is 1.92 bits per heavy atom. The first-order chi connectivity index (χ1) is 11.2. The summed E-state index contributed by atoms with van der Waals surface area (Å²) in [6, 6.07) is 7.60. The molecule has 1 amide bonds. The third kappa shape index (κ3) is 7.50. The second-order valence-corrected chi connectivity index (χ2v) is 6.20. The van der Waals surface area contributed by atoms with Crippen molar-refractivity contribution in [3.63, 3.8) is 0 Å². The van der Waals surface area contributed by atoms with Crippen LogP contribution in [0.4, 0.5) is 0 Å². The van der Waals surface area contributed by atoms with E-state index in [1.54, 1.807) is 0 Å². The number of esters is 2. The molecule has 0 aliphatic rings. The lowest BCUT2D eigenvalue weighted by Crippen LogP contribution is -2.55. The molecule has 0 aliphatic carbocycles. The number of rotatable bonds is 8. The largest absolute Gasteiger partial charge is 0.463 e. The lowest BCUT2D eigenvalue weighted by Gasteiger charge is -2.33. The maximum atomic E-state index is 11.6. The van der Waals surface area contributed by atoms with E-state index in [0.29, 0.717) is 12.8 Å². The summed E-state index contributed by atoms with van der Waals surface area (Å²) in [6.45, 7) is 3.80. The van der Waals surface area contributed by atoms with Crippen LogP contribution in [0.2, 0.25) is 0 Å². The van der Waals surface area contributed by atoms with Crippen LogP contribution in [0.25, 0.3) is 0 Å². The summed E-state index contributed by atoms with van der Waals surface area (Å²) in [7, 11) is 0. The second kappa shape index (κ2) is 9.32. The number of carbonyl (C=O) groups is 3. The number of hydrogen-bond donors (Lipinski definition) is 2. The highest BCUT2D eigenvalue weighted by atomic mass is 32.1. The number of amides is 1. The molecule has 0 saturated carbocycles. The van der Waals surface area contributed by atoms with E-state index in [0.717, 1.165) is 10.5 Å². The molecule has 0 heterocycles. The molecule has 0 saturated heterocycles. The van der Waals surface area contributed by atoms with Crippen molar-refractivity contribution in [1.29, 1.82) is 0 Å². The summed E-state index contributed by atoms with van der Waals surface area (Å²) in [5, 5.41) is 2.78. The third-order valence-corrected chi connectivity index (χ3v) is 3.67. The number of thiol groups is 1. The fraction of sp³-hybridized carbons (Fsp3) is 0.471. The van der Waals surface area contributed by atoms with Crippen LogP contribution in [0.3, 0.4) is 0 Å². The minimum Gasteiger partial charge on any atom is -0.463 e. The summed E-state index contributed by atoms with van der Waals surface area (Å²) in [6.07, 6.45) is 1.05. The first-order valence-corrected chi connectivity index (χ1v) is 8.00. The minimum absolute atomic E-state index is 0.0696. The van der Waals surface area contributed by atoms with Gasteiger partial charge in [-0.3, -0.25) is 14.4 Å². The highest BCUT2D eigenvalue weighted by Gasteiger charge is 2.34. The molecule has 1 aromatic carbocycles. The van der Waals surface area contributed by atoms with Crippen molar-refractivity contribution in [3.8, 4) is 0 Å². The van der Waals surface area contributed by atoms with Crippen LogP contribution in [0.15, 0.2) is 29.2 Å². The first-order valence-electron chi connectivity index (χ1n) is 7.56. The lowest BCUT2D eigenvalue weighted by atomic mass is 9.92. The summed E-state index contributed by atoms with van der Waals surface area (Å²) >= 11 is 4.24. The Hall–Kier alpha value is -2.02. The molecule has 1 rings (SSSR count). The Kier molecular flexibility index (Phi) is 7.78. The topological polar surface area (TPSA) is 81.7 Å². The Balaban J connectivity index is 2.92. The zero-order valence-corrected chi connectivity index (χ0v) is 15.0. The van der Waals surface area contributed by atoms with Crippen LogP contribution in [-0.2, 0) is 30.3 Å². The van der Waals surface area contributed by atoms with Crippen LogP contribution >= 0.6 is 12.6 Å². The van der Waals surface area contributed by atoms with Gasteiger partial charge in [0.05, 0.1) is 0 Å². The molecule has 0 aliphatic heterocycles. The fourth-order valence-electron chi connectivity index (χ4n) is 2.22. The zero-order valence-electron chi connectivity index (χ0n) is 14.1. The minimum atomic E-state index is -0.969. The van der Waals surface area contributed by atoms with Gasteiger partial charge in [0, 0.05) is 25.7 Å². The average molecular weight is 353 g/mol. The van der Waals surface area contributed by atoms with Gasteiger partial charge in [0.1, 0.15) is 18.8 Å². The highest BCUT2D eigenvalue weighted by molar-refractivity contribution is 7.80. The van der Waals surface area contributed by atoms with E-state index in [1.807, 2.05) is 24.3 Å². The normalized spacial score (nSPS) is 10.8. The summed E-state index contributed by atoms with van der Waals surface area (Å²) < 4.78 is 10.2. The van der Waals surface area contributed by atoms with Crippen molar-refractivity contribution in [3.05, 3.63) is 29.8 Å². The van der Waals surface area contributed by atoms with Gasteiger partial charge in [-0.05, 0) is 30.5 Å². The van der Waals surface area contributed by atoms with Gasteiger partial charge in [-0.2, -0.15) is 0 Å². The van der Waals surface area contributed by atoms with Crippen molar-refractivity contribution in [2.75, 3.05) is 13.2 Å². The van der Waals surface area contributed by atoms with E-state index >= 15 is 0 Å². The number of nitrogens with one attached hydrogen (secondary N) is 1. The maximum absolute atomic E-state index is 11.6. The molecule has 0 unspecified atom stereocenters. The first kappa shape index (κ1) is 20.0. The van der Waals surface area contributed by atoms with Gasteiger partial charge in [-0.15, -0.1) is 12.6 Å². The molecule has 7 heteroatoms. The van der Waals surface area contributed by atoms with Crippen molar-refractivity contribution >= 4 is 30.5 Å². The maximum Gasteiger partial charge on any atom is 0.302 e. The summed E-state index contributed by atoms with van der Waals surface area (Å²) in [5.74, 6) is -1.22. The molecule has 1 aromatic rings. The Bertz CT molecular complexity index is 567. The van der Waals surface area contributed by atoms with Crippen LogP contribution in [-0.4, -0.2) is 36.6 Å². The van der Waals surface area contributed by atoms with Gasteiger partial charge in [-0.25, -0.2) is 0 Å². The van der Waals surface area contributed by atoms with Gasteiger partial charge in [0.15, 0.2) is 0 Å². The van der Waals surface area contributed by atoms with E-state index < -0.39 is 17.5 Å². The molecule has 132 valence electrons. The van der Waals surface area contributed by atoms with Crippen LogP contribution < -0.4 is 5.32 Å². The van der Waals surface area contributed by atoms with E-state index in [4.69, 9.17) is 9.47 Å². The smallest absolute Gasteiger partial charge is 0.302 e. The highest BCUT2D eigenvalue weighted by Crippen LogP contribution is 2.18. The molecule has 0 fully saturated rings. The SMILES string of the molecule is CC(=O)NC(CCc1ccc(S)cc1)(COC(C)=O)COC(C)=O. The predicted octanol–water partition coefficient (Wildman–Crippen LogP) is 1.91. The quantitative estimate of drug-likeness (QED) is 0.551. The summed E-state index contributed by atoms with van der Waals surface area (Å²) in [4.78, 5) is 34.8. The molecule has 0 bridgehead atoms. The molecule has 1 N–H and O–H groups in total. The van der Waals surface area contributed by atoms with Crippen molar-refractivity contribution in [2.24, 2.45) is 0 Å². The van der Waals surface area contributed by atoms with Gasteiger partial charge < -0.3 is 14.8 Å². The fourth-order valence-corrected chi connectivity index (χ4v) is 2.37. The van der Waals surface area contributed by atoms with Crippen LogP contribution in [0, 0.1) is 0 Å². The van der Waals surface area contributed by atoms with E-state index in [9.17, 15) is 14.4 Å². The number of carbonyl (C=O) groups excluding carboxylic acids is 3. The van der Waals surface area contributed by atoms with Crippen molar-refractivity contribution < 1.29 is 23.9 Å². The molecule has 0 spiro atoms. The number of benzene rings is 1. The third-order valence-electron chi connectivity index (χ3n) is 3.37. The predicted molar refractivity (Wildman–Crippen MR) is 91.8 cm³/mol. The molecular weight excluding hydrogens is 330 g/mol. The Labute approximate surface area is 147 Å². The van der Waals surface area contributed by atoms with Gasteiger partial charge >= 0.3 is 11.9 Å². The molecule has 24 heavy (non-hydrogen) atoms. The molecular formula is C17H23NO5S. The Morgan fingerprint density at radius 1 is 1.00 bits per heavy atom. The van der Waals surface area contributed by atoms with Gasteiger partial charge in [0.2, 0.25) is 5.91 Å². The number of ether oxygens (including phenoxy) is 2. The van der Waals surface area contributed by atoms with Gasteiger partial charge in [-0.1, -0.05) is 12.1 Å². The van der Waals surface area contributed by atoms with E-state index in [1.165, 1.54) is 20.8 Å². The zero-order chi connectivity index (χ0) is 18.2. The summed E-state index contributed by atoms with van der Waals surface area (Å²) in [5.41, 5.74) is 0.0659.